The molecule has 1 aromatic carbocycles. The van der Waals surface area contributed by atoms with E-state index in [0.29, 0.717) is 6.07 Å². The molecule has 0 atom stereocenters. The van der Waals surface area contributed by atoms with Crippen LogP contribution in [-0.2, 0) is 6.18 Å². The quantitative estimate of drug-likeness (QED) is 0.804. The zero-order valence-corrected chi connectivity index (χ0v) is 10.5. The summed E-state index contributed by atoms with van der Waals surface area (Å²) in [7, 11) is 0. The highest BCUT2D eigenvalue weighted by atomic mass is 79.9. The van der Waals surface area contributed by atoms with E-state index in [4.69, 9.17) is 5.11 Å². The molecule has 0 fully saturated rings. The lowest BCUT2D eigenvalue weighted by Crippen LogP contribution is -2.11. The lowest BCUT2D eigenvalue weighted by Gasteiger charge is -2.10. The molecular weight excluding hydrogens is 334 g/mol. The zero-order chi connectivity index (χ0) is 14.4. The number of nitrogens with zero attached hydrogens (tertiary/aromatic N) is 1. The minimum Gasteiger partial charge on any atom is -0.478 e. The van der Waals surface area contributed by atoms with E-state index in [0.717, 1.165) is 12.1 Å². The average Bonchev–Trinajstić information content (AvgIpc) is 2.27. The molecule has 1 N–H and O–H groups in total. The van der Waals surface area contributed by atoms with Gasteiger partial charge >= 0.3 is 12.1 Å². The molecule has 3 nitrogen and oxygen atoms in total. The van der Waals surface area contributed by atoms with E-state index in [-0.39, 0.29) is 15.4 Å². The molecule has 2 rings (SSSR count). The van der Waals surface area contributed by atoms with Crippen LogP contribution in [0.2, 0.25) is 0 Å². The number of benzene rings is 1. The number of aromatic nitrogens is 1. The van der Waals surface area contributed by atoms with Crippen LogP contribution in [0.3, 0.4) is 0 Å². The Labute approximate surface area is 112 Å². The summed E-state index contributed by atoms with van der Waals surface area (Å²) in [6.45, 7) is 0. The maximum atomic E-state index is 13.3. The molecule has 2 aromatic rings. The van der Waals surface area contributed by atoms with Crippen LogP contribution in [0.25, 0.3) is 10.9 Å². The van der Waals surface area contributed by atoms with E-state index in [1.807, 2.05) is 0 Å². The van der Waals surface area contributed by atoms with Crippen molar-refractivity contribution < 1.29 is 27.5 Å². The zero-order valence-electron chi connectivity index (χ0n) is 8.92. The number of aromatic carboxylic acids is 1. The van der Waals surface area contributed by atoms with E-state index >= 15 is 0 Å². The first kappa shape index (κ1) is 13.7. The molecule has 0 aliphatic carbocycles. The van der Waals surface area contributed by atoms with Gasteiger partial charge in [-0.2, -0.15) is 13.2 Å². The highest BCUT2D eigenvalue weighted by Crippen LogP contribution is 2.32. The van der Waals surface area contributed by atoms with Gasteiger partial charge < -0.3 is 5.11 Å². The van der Waals surface area contributed by atoms with Crippen molar-refractivity contribution in [1.29, 1.82) is 0 Å². The minimum absolute atomic E-state index is 0.0518. The summed E-state index contributed by atoms with van der Waals surface area (Å²) in [4.78, 5) is 14.2. The van der Waals surface area contributed by atoms with Crippen molar-refractivity contribution in [2.45, 2.75) is 6.18 Å². The predicted octanol–water partition coefficient (Wildman–Crippen LogP) is 3.85. The van der Waals surface area contributed by atoms with Crippen LogP contribution < -0.4 is 0 Å². The second-order valence-electron chi connectivity index (χ2n) is 3.64. The molecule has 1 aromatic heterocycles. The van der Waals surface area contributed by atoms with Crippen molar-refractivity contribution in [3.63, 3.8) is 0 Å². The molecule has 19 heavy (non-hydrogen) atoms. The fourth-order valence-corrected chi connectivity index (χ4v) is 1.89. The number of carboxylic acid groups (broad SMARTS) is 1. The summed E-state index contributed by atoms with van der Waals surface area (Å²) in [5.41, 5.74) is -2.33. The van der Waals surface area contributed by atoms with Gasteiger partial charge in [-0.1, -0.05) is 0 Å². The smallest absolute Gasteiger partial charge is 0.433 e. The van der Waals surface area contributed by atoms with Crippen LogP contribution >= 0.6 is 15.9 Å². The first-order valence-corrected chi connectivity index (χ1v) is 5.59. The van der Waals surface area contributed by atoms with E-state index in [9.17, 15) is 22.4 Å². The second-order valence-corrected chi connectivity index (χ2v) is 4.50. The highest BCUT2D eigenvalue weighted by Gasteiger charge is 2.34. The molecule has 0 bridgehead atoms. The Kier molecular flexibility index (Phi) is 3.21. The van der Waals surface area contributed by atoms with Crippen LogP contribution in [0.1, 0.15) is 16.1 Å². The number of halogens is 5. The summed E-state index contributed by atoms with van der Waals surface area (Å²) < 4.78 is 51.0. The Morgan fingerprint density at radius 2 is 1.89 bits per heavy atom. The highest BCUT2D eigenvalue weighted by molar-refractivity contribution is 9.10. The molecular formula is C11H4BrF4NO2. The first-order chi connectivity index (χ1) is 8.70. The number of carbonyl (C=O) groups is 1. The van der Waals surface area contributed by atoms with Gasteiger partial charge in [0.05, 0.1) is 15.6 Å². The molecule has 0 aliphatic heterocycles. The Morgan fingerprint density at radius 3 is 2.42 bits per heavy atom. The van der Waals surface area contributed by atoms with Gasteiger partial charge in [-0.3, -0.25) is 0 Å². The lowest BCUT2D eigenvalue weighted by atomic mass is 10.1. The molecule has 0 saturated carbocycles. The number of rotatable bonds is 1. The molecule has 0 saturated heterocycles. The second kappa shape index (κ2) is 4.44. The topological polar surface area (TPSA) is 50.2 Å². The summed E-state index contributed by atoms with van der Waals surface area (Å²) in [5.74, 6) is -2.37. The minimum atomic E-state index is -4.80. The van der Waals surface area contributed by atoms with Gasteiger partial charge in [0.1, 0.15) is 11.5 Å². The monoisotopic (exact) mass is 337 g/mol. The van der Waals surface area contributed by atoms with E-state index in [1.165, 1.54) is 0 Å². The number of fused-ring (bicyclic) bond motifs is 1. The Morgan fingerprint density at radius 1 is 1.26 bits per heavy atom. The third-order valence-electron chi connectivity index (χ3n) is 2.37. The van der Waals surface area contributed by atoms with E-state index in [1.54, 1.807) is 0 Å². The van der Waals surface area contributed by atoms with Crippen LogP contribution in [0.5, 0.6) is 0 Å². The van der Waals surface area contributed by atoms with Gasteiger partial charge in [0.25, 0.3) is 0 Å². The summed E-state index contributed by atoms with van der Waals surface area (Å²) in [5, 5.41) is 8.85. The molecule has 0 spiro atoms. The molecule has 8 heteroatoms. The normalized spacial score (nSPS) is 11.8. The van der Waals surface area contributed by atoms with Gasteiger partial charge in [-0.15, -0.1) is 0 Å². The van der Waals surface area contributed by atoms with Crippen molar-refractivity contribution >= 4 is 32.8 Å². The fourth-order valence-electron chi connectivity index (χ4n) is 1.54. The lowest BCUT2D eigenvalue weighted by molar-refractivity contribution is -0.141. The average molecular weight is 338 g/mol. The number of pyridine rings is 1. The standard InChI is InChI=1S/C11H4BrF4NO2/c12-6-1-4-5(10(18)19)2-9(11(14,15)16)17-8(4)3-7(6)13/h1-3H,(H,18,19). The van der Waals surface area contributed by atoms with Crippen LogP contribution in [0, 0.1) is 5.82 Å². The predicted molar refractivity (Wildman–Crippen MR) is 61.4 cm³/mol. The van der Waals surface area contributed by atoms with Crippen molar-refractivity contribution in [2.24, 2.45) is 0 Å². The number of hydrogen-bond acceptors (Lipinski definition) is 2. The summed E-state index contributed by atoms with van der Waals surface area (Å²) >= 11 is 2.84. The third-order valence-corrected chi connectivity index (χ3v) is 2.98. The van der Waals surface area contributed by atoms with Crippen LogP contribution in [-0.4, -0.2) is 16.1 Å². The summed E-state index contributed by atoms with van der Waals surface area (Å²) in [6.07, 6.45) is -4.80. The first-order valence-electron chi connectivity index (χ1n) is 4.80. The van der Waals surface area contributed by atoms with Crippen molar-refractivity contribution in [1.82, 2.24) is 4.98 Å². The van der Waals surface area contributed by atoms with Crippen molar-refractivity contribution in [2.75, 3.05) is 0 Å². The van der Waals surface area contributed by atoms with Crippen molar-refractivity contribution in [3.05, 3.63) is 39.7 Å². The maximum absolute atomic E-state index is 13.3. The van der Waals surface area contributed by atoms with E-state index in [2.05, 4.69) is 20.9 Å². The van der Waals surface area contributed by atoms with E-state index < -0.39 is 29.2 Å². The van der Waals surface area contributed by atoms with Crippen LogP contribution in [0.15, 0.2) is 22.7 Å². The van der Waals surface area contributed by atoms with Gasteiger partial charge in [-0.05, 0) is 28.1 Å². The van der Waals surface area contributed by atoms with Gasteiger partial charge in [-0.25, -0.2) is 14.2 Å². The SMILES string of the molecule is O=C(O)c1cc(C(F)(F)F)nc2cc(F)c(Br)cc12. The third kappa shape index (κ3) is 2.53. The molecule has 1 heterocycles. The largest absolute Gasteiger partial charge is 0.478 e. The number of alkyl halides is 3. The number of hydrogen-bond donors (Lipinski definition) is 1. The van der Waals surface area contributed by atoms with Gasteiger partial charge in [0.15, 0.2) is 0 Å². The molecule has 0 amide bonds. The Hall–Kier alpha value is -1.70. The van der Waals surface area contributed by atoms with Crippen molar-refractivity contribution in [3.8, 4) is 0 Å². The number of carboxylic acids is 1. The summed E-state index contributed by atoms with van der Waals surface area (Å²) in [6, 6.07) is 2.26. The van der Waals surface area contributed by atoms with Crippen LogP contribution in [0.4, 0.5) is 17.6 Å². The molecule has 0 radical (unpaired) electrons. The van der Waals surface area contributed by atoms with Gasteiger partial charge in [0.2, 0.25) is 0 Å². The Bertz CT molecular complexity index is 684. The maximum Gasteiger partial charge on any atom is 0.433 e. The molecule has 0 aliphatic rings. The molecule has 100 valence electrons. The Balaban J connectivity index is 2.88. The fraction of sp³-hybridized carbons (Fsp3) is 0.0909. The molecule has 0 unspecified atom stereocenters. The van der Waals surface area contributed by atoms with Gasteiger partial charge in [0, 0.05) is 11.5 Å².